The third kappa shape index (κ3) is 2.61. The van der Waals surface area contributed by atoms with Gasteiger partial charge in [-0.1, -0.05) is 12.1 Å². The highest BCUT2D eigenvalue weighted by Gasteiger charge is 2.31. The van der Waals surface area contributed by atoms with Crippen molar-refractivity contribution in [2.75, 3.05) is 17.5 Å². The van der Waals surface area contributed by atoms with Crippen molar-refractivity contribution in [3.8, 4) is 16.3 Å². The molecule has 2 aromatic heterocycles. The first kappa shape index (κ1) is 16.2. The number of aromatic amines is 1. The van der Waals surface area contributed by atoms with E-state index in [1.165, 1.54) is 15.6 Å². The number of thiophene rings is 1. The van der Waals surface area contributed by atoms with Crippen LogP contribution < -0.4 is 9.04 Å². The van der Waals surface area contributed by atoms with Gasteiger partial charge in [0.1, 0.15) is 22.3 Å². The van der Waals surface area contributed by atoms with E-state index in [9.17, 15) is 8.42 Å². The van der Waals surface area contributed by atoms with Gasteiger partial charge in [0.05, 0.1) is 17.1 Å². The van der Waals surface area contributed by atoms with Crippen molar-refractivity contribution in [3.63, 3.8) is 0 Å². The molecule has 0 aliphatic carbocycles. The van der Waals surface area contributed by atoms with Crippen LogP contribution in [0.3, 0.4) is 0 Å². The van der Waals surface area contributed by atoms with Crippen LogP contribution in [0.4, 0.5) is 5.69 Å². The Balaban J connectivity index is 1.74. The summed E-state index contributed by atoms with van der Waals surface area (Å²) in [6.45, 7) is 4.56. The number of H-pyrrole nitrogens is 1. The van der Waals surface area contributed by atoms with E-state index in [1.54, 1.807) is 18.2 Å². The van der Waals surface area contributed by atoms with E-state index in [4.69, 9.17) is 4.74 Å². The predicted molar refractivity (Wildman–Crippen MR) is 97.8 cm³/mol. The average molecular weight is 375 g/mol. The van der Waals surface area contributed by atoms with E-state index in [1.807, 2.05) is 32.0 Å². The lowest BCUT2D eigenvalue weighted by atomic mass is 10.2. The van der Waals surface area contributed by atoms with Gasteiger partial charge in [-0.15, -0.1) is 11.3 Å². The van der Waals surface area contributed by atoms with Crippen LogP contribution in [0.25, 0.3) is 10.6 Å². The highest BCUT2D eigenvalue weighted by atomic mass is 32.2. The Bertz CT molecular complexity index is 1040. The molecule has 0 fully saturated rings. The summed E-state index contributed by atoms with van der Waals surface area (Å²) in [5, 5.41) is 7.23. The van der Waals surface area contributed by atoms with E-state index >= 15 is 0 Å². The number of aromatic nitrogens is 2. The predicted octanol–water partition coefficient (Wildman–Crippen LogP) is 3.34. The van der Waals surface area contributed by atoms with Crippen molar-refractivity contribution in [2.24, 2.45) is 0 Å². The van der Waals surface area contributed by atoms with Gasteiger partial charge in [0.15, 0.2) is 0 Å². The van der Waals surface area contributed by atoms with Crippen LogP contribution in [0.1, 0.15) is 11.3 Å². The molecule has 0 saturated heterocycles. The van der Waals surface area contributed by atoms with Crippen molar-refractivity contribution in [1.82, 2.24) is 10.2 Å². The second-order valence-corrected chi connectivity index (χ2v) is 9.01. The molecule has 3 aromatic rings. The zero-order valence-electron chi connectivity index (χ0n) is 13.8. The van der Waals surface area contributed by atoms with Gasteiger partial charge in [-0.05, 0) is 43.7 Å². The number of hydrogen-bond acceptors (Lipinski definition) is 5. The number of nitrogens with zero attached hydrogens (tertiary/aromatic N) is 2. The first-order valence-electron chi connectivity index (χ1n) is 7.85. The molecule has 1 aliphatic rings. The quantitative estimate of drug-likeness (QED) is 0.762. The lowest BCUT2D eigenvalue weighted by molar-refractivity contribution is 0.316. The van der Waals surface area contributed by atoms with Crippen LogP contribution in [-0.4, -0.2) is 31.8 Å². The molecular formula is C17H17N3O3S2. The van der Waals surface area contributed by atoms with E-state index in [2.05, 4.69) is 10.2 Å². The maximum absolute atomic E-state index is 13.1. The standard InChI is InChI=1S/C17H17N3O3S2/c1-11-12(2)18-19-17(11)15-7-8-16(24-15)25(21,22)20-9-10-23-14-6-4-3-5-13(14)20/h3-8H,9-10H2,1-2H3,(H,18,19). The molecule has 0 bridgehead atoms. The largest absolute Gasteiger partial charge is 0.489 e. The second-order valence-electron chi connectivity index (χ2n) is 5.83. The minimum absolute atomic E-state index is 0.299. The number of fused-ring (bicyclic) bond motifs is 1. The summed E-state index contributed by atoms with van der Waals surface area (Å²) < 4.78 is 33.6. The minimum atomic E-state index is -3.63. The summed E-state index contributed by atoms with van der Waals surface area (Å²) in [7, 11) is -3.63. The summed E-state index contributed by atoms with van der Waals surface area (Å²) in [6.07, 6.45) is 0. The zero-order chi connectivity index (χ0) is 17.6. The lowest BCUT2D eigenvalue weighted by Crippen LogP contribution is -2.37. The monoisotopic (exact) mass is 375 g/mol. The average Bonchev–Trinajstić information content (AvgIpc) is 3.22. The van der Waals surface area contributed by atoms with Crippen molar-refractivity contribution in [1.29, 1.82) is 0 Å². The van der Waals surface area contributed by atoms with Crippen molar-refractivity contribution < 1.29 is 13.2 Å². The van der Waals surface area contributed by atoms with Crippen LogP contribution >= 0.6 is 11.3 Å². The van der Waals surface area contributed by atoms with Gasteiger partial charge in [-0.2, -0.15) is 5.10 Å². The van der Waals surface area contributed by atoms with Crippen molar-refractivity contribution in [2.45, 2.75) is 18.1 Å². The Hall–Kier alpha value is -2.32. The fraction of sp³-hybridized carbons (Fsp3) is 0.235. The van der Waals surface area contributed by atoms with E-state index in [0.717, 1.165) is 21.8 Å². The van der Waals surface area contributed by atoms with Gasteiger partial charge in [0.25, 0.3) is 10.0 Å². The van der Waals surface area contributed by atoms with E-state index in [0.29, 0.717) is 28.8 Å². The molecule has 25 heavy (non-hydrogen) atoms. The maximum atomic E-state index is 13.1. The third-order valence-electron chi connectivity index (χ3n) is 4.30. The summed E-state index contributed by atoms with van der Waals surface area (Å²) >= 11 is 1.24. The molecule has 1 aromatic carbocycles. The Morgan fingerprint density at radius 1 is 1.20 bits per heavy atom. The van der Waals surface area contributed by atoms with Gasteiger partial charge < -0.3 is 4.74 Å². The highest BCUT2D eigenvalue weighted by molar-refractivity contribution is 7.94. The number of benzene rings is 1. The van der Waals surface area contributed by atoms with Gasteiger partial charge in [-0.25, -0.2) is 8.42 Å². The smallest absolute Gasteiger partial charge is 0.274 e. The van der Waals surface area contributed by atoms with Crippen LogP contribution in [0.15, 0.2) is 40.6 Å². The molecule has 4 rings (SSSR count). The van der Waals surface area contributed by atoms with Crippen LogP contribution in [0.2, 0.25) is 0 Å². The topological polar surface area (TPSA) is 75.3 Å². The minimum Gasteiger partial charge on any atom is -0.489 e. The number of anilines is 1. The van der Waals surface area contributed by atoms with Crippen LogP contribution in [0, 0.1) is 13.8 Å². The lowest BCUT2D eigenvalue weighted by Gasteiger charge is -2.29. The number of para-hydroxylation sites is 2. The molecular weight excluding hydrogens is 358 g/mol. The summed E-state index contributed by atoms with van der Waals surface area (Å²) in [5.41, 5.74) is 3.39. The molecule has 130 valence electrons. The number of sulfonamides is 1. The SMILES string of the molecule is Cc1[nH]nc(-c2ccc(S(=O)(=O)N3CCOc4ccccc43)s2)c1C. The Kier molecular flexibility index (Phi) is 3.81. The molecule has 0 spiro atoms. The molecule has 6 nitrogen and oxygen atoms in total. The Labute approximate surface area is 150 Å². The molecule has 0 radical (unpaired) electrons. The molecule has 0 saturated carbocycles. The summed E-state index contributed by atoms with van der Waals surface area (Å²) in [4.78, 5) is 0.835. The molecule has 0 amide bonds. The number of ether oxygens (including phenoxy) is 1. The highest BCUT2D eigenvalue weighted by Crippen LogP contribution is 2.38. The van der Waals surface area contributed by atoms with Crippen LogP contribution in [-0.2, 0) is 10.0 Å². The summed E-state index contributed by atoms with van der Waals surface area (Å²) in [5.74, 6) is 0.591. The Morgan fingerprint density at radius 2 is 2.00 bits per heavy atom. The number of rotatable bonds is 3. The molecule has 8 heteroatoms. The van der Waals surface area contributed by atoms with Gasteiger partial charge in [-0.3, -0.25) is 9.40 Å². The van der Waals surface area contributed by atoms with E-state index in [-0.39, 0.29) is 0 Å². The Morgan fingerprint density at radius 3 is 2.76 bits per heavy atom. The van der Waals surface area contributed by atoms with Gasteiger partial charge >= 0.3 is 0 Å². The first-order valence-corrected chi connectivity index (χ1v) is 10.1. The molecule has 3 heterocycles. The normalized spacial score (nSPS) is 14.2. The third-order valence-corrected chi connectivity index (χ3v) is 7.67. The number of aryl methyl sites for hydroxylation is 1. The van der Waals surface area contributed by atoms with Gasteiger partial charge in [0.2, 0.25) is 0 Å². The number of nitrogens with one attached hydrogen (secondary N) is 1. The second kappa shape index (κ2) is 5.89. The van der Waals surface area contributed by atoms with Crippen molar-refractivity contribution in [3.05, 3.63) is 47.7 Å². The van der Waals surface area contributed by atoms with Crippen molar-refractivity contribution >= 4 is 27.0 Å². The summed E-state index contributed by atoms with van der Waals surface area (Å²) in [6, 6.07) is 10.7. The number of hydrogen-bond donors (Lipinski definition) is 1. The fourth-order valence-electron chi connectivity index (χ4n) is 2.81. The molecule has 1 N–H and O–H groups in total. The molecule has 0 atom stereocenters. The van der Waals surface area contributed by atoms with Crippen LogP contribution in [0.5, 0.6) is 5.75 Å². The molecule has 0 unspecified atom stereocenters. The molecule has 1 aliphatic heterocycles. The first-order chi connectivity index (χ1) is 12.0. The van der Waals surface area contributed by atoms with Gasteiger partial charge in [0, 0.05) is 5.69 Å². The fourth-order valence-corrected chi connectivity index (χ4v) is 5.74. The maximum Gasteiger partial charge on any atom is 0.274 e. The van der Waals surface area contributed by atoms with E-state index < -0.39 is 10.0 Å². The zero-order valence-corrected chi connectivity index (χ0v) is 15.4.